The minimum Gasteiger partial charge on any atom is -0.364 e. The van der Waals surface area contributed by atoms with Gasteiger partial charge in [0.2, 0.25) is 0 Å². The SMILES string of the molecule is COCn1c(C)c(C)c2ccnc(C=Cc3ccccc3)c21. The molecule has 0 aliphatic rings. The van der Waals surface area contributed by atoms with Crippen LogP contribution in [0.1, 0.15) is 22.5 Å². The van der Waals surface area contributed by atoms with E-state index in [-0.39, 0.29) is 0 Å². The van der Waals surface area contributed by atoms with E-state index in [1.807, 2.05) is 24.4 Å². The van der Waals surface area contributed by atoms with Crippen molar-refractivity contribution in [3.8, 4) is 0 Å². The zero-order valence-corrected chi connectivity index (χ0v) is 13.2. The number of aromatic nitrogens is 2. The molecule has 22 heavy (non-hydrogen) atoms. The van der Waals surface area contributed by atoms with Crippen LogP contribution in [0.3, 0.4) is 0 Å². The van der Waals surface area contributed by atoms with Gasteiger partial charge in [0.25, 0.3) is 0 Å². The molecule has 0 atom stereocenters. The normalized spacial score (nSPS) is 11.6. The van der Waals surface area contributed by atoms with E-state index in [9.17, 15) is 0 Å². The van der Waals surface area contributed by atoms with Crippen LogP contribution in [0.5, 0.6) is 0 Å². The van der Waals surface area contributed by atoms with E-state index >= 15 is 0 Å². The Labute approximate surface area is 130 Å². The molecule has 3 heteroatoms. The largest absolute Gasteiger partial charge is 0.364 e. The molecule has 1 aromatic carbocycles. The molecular formula is C19H20N2O. The van der Waals surface area contributed by atoms with Gasteiger partial charge in [0, 0.05) is 24.4 Å². The van der Waals surface area contributed by atoms with Gasteiger partial charge in [-0.1, -0.05) is 36.4 Å². The molecule has 3 nitrogen and oxygen atoms in total. The first-order valence-electron chi connectivity index (χ1n) is 7.39. The molecule has 0 N–H and O–H groups in total. The van der Waals surface area contributed by atoms with E-state index in [1.54, 1.807) is 7.11 Å². The fourth-order valence-electron chi connectivity index (χ4n) is 2.77. The first-order valence-corrected chi connectivity index (χ1v) is 7.39. The second kappa shape index (κ2) is 6.16. The lowest BCUT2D eigenvalue weighted by Gasteiger charge is -2.08. The highest BCUT2D eigenvalue weighted by Gasteiger charge is 2.13. The Morgan fingerprint density at radius 2 is 1.86 bits per heavy atom. The van der Waals surface area contributed by atoms with Gasteiger partial charge in [-0.2, -0.15) is 0 Å². The van der Waals surface area contributed by atoms with Crippen LogP contribution in [0.15, 0.2) is 42.6 Å². The third-order valence-corrected chi connectivity index (χ3v) is 4.07. The average molecular weight is 292 g/mol. The highest BCUT2D eigenvalue weighted by Crippen LogP contribution is 2.27. The molecule has 2 heterocycles. The number of nitrogens with zero attached hydrogens (tertiary/aromatic N) is 2. The van der Waals surface area contributed by atoms with Crippen molar-refractivity contribution in [2.45, 2.75) is 20.6 Å². The van der Waals surface area contributed by atoms with E-state index in [2.05, 4.69) is 53.7 Å². The molecular weight excluding hydrogens is 272 g/mol. The van der Waals surface area contributed by atoms with Crippen LogP contribution in [0.4, 0.5) is 0 Å². The van der Waals surface area contributed by atoms with Crippen LogP contribution in [0.2, 0.25) is 0 Å². The van der Waals surface area contributed by atoms with Gasteiger partial charge in [0.15, 0.2) is 0 Å². The first kappa shape index (κ1) is 14.5. The summed E-state index contributed by atoms with van der Waals surface area (Å²) in [5, 5.41) is 1.23. The van der Waals surface area contributed by atoms with Crippen LogP contribution in [-0.2, 0) is 11.5 Å². The van der Waals surface area contributed by atoms with Crippen molar-refractivity contribution in [3.05, 3.63) is 65.1 Å². The molecule has 0 radical (unpaired) electrons. The Kier molecular flexibility index (Phi) is 4.07. The summed E-state index contributed by atoms with van der Waals surface area (Å²) in [6, 6.07) is 12.3. The van der Waals surface area contributed by atoms with Crippen LogP contribution < -0.4 is 0 Å². The van der Waals surface area contributed by atoms with Gasteiger partial charge in [0.05, 0.1) is 11.2 Å². The van der Waals surface area contributed by atoms with Gasteiger partial charge >= 0.3 is 0 Å². The molecule has 0 aliphatic carbocycles. The number of hydrogen-bond acceptors (Lipinski definition) is 2. The maximum Gasteiger partial charge on any atom is 0.122 e. The predicted octanol–water partition coefficient (Wildman–Crippen LogP) is 4.43. The van der Waals surface area contributed by atoms with Crippen molar-refractivity contribution in [1.29, 1.82) is 0 Å². The minimum atomic E-state index is 0.536. The van der Waals surface area contributed by atoms with Gasteiger partial charge in [-0.05, 0) is 37.1 Å². The molecule has 0 spiro atoms. The topological polar surface area (TPSA) is 27.1 Å². The Hall–Kier alpha value is -2.39. The minimum absolute atomic E-state index is 0.536. The quantitative estimate of drug-likeness (QED) is 0.711. The summed E-state index contributed by atoms with van der Waals surface area (Å²) in [6.45, 7) is 4.81. The van der Waals surface area contributed by atoms with E-state index in [4.69, 9.17) is 4.74 Å². The van der Waals surface area contributed by atoms with Crippen molar-refractivity contribution in [2.24, 2.45) is 0 Å². The van der Waals surface area contributed by atoms with Gasteiger partial charge in [-0.3, -0.25) is 4.98 Å². The molecule has 0 saturated heterocycles. The lowest BCUT2D eigenvalue weighted by molar-refractivity contribution is 0.133. The van der Waals surface area contributed by atoms with Gasteiger partial charge in [-0.15, -0.1) is 0 Å². The van der Waals surface area contributed by atoms with Crippen molar-refractivity contribution in [3.63, 3.8) is 0 Å². The average Bonchev–Trinajstić information content (AvgIpc) is 2.80. The fourth-order valence-corrected chi connectivity index (χ4v) is 2.77. The van der Waals surface area contributed by atoms with Gasteiger partial charge < -0.3 is 9.30 Å². The number of aryl methyl sites for hydroxylation is 1. The number of pyridine rings is 1. The van der Waals surface area contributed by atoms with Gasteiger partial charge in [-0.25, -0.2) is 0 Å². The first-order chi connectivity index (χ1) is 10.7. The van der Waals surface area contributed by atoms with Crippen molar-refractivity contribution < 1.29 is 4.74 Å². The summed E-state index contributed by atoms with van der Waals surface area (Å²) < 4.78 is 7.54. The second-order valence-corrected chi connectivity index (χ2v) is 5.39. The van der Waals surface area contributed by atoms with Crippen LogP contribution in [-0.4, -0.2) is 16.7 Å². The van der Waals surface area contributed by atoms with Crippen LogP contribution in [0, 0.1) is 13.8 Å². The summed E-state index contributed by atoms with van der Waals surface area (Å²) in [5.41, 5.74) is 5.77. The second-order valence-electron chi connectivity index (χ2n) is 5.39. The molecule has 0 aliphatic heterocycles. The van der Waals surface area contributed by atoms with E-state index in [0.29, 0.717) is 6.73 Å². The number of benzene rings is 1. The van der Waals surface area contributed by atoms with E-state index in [0.717, 1.165) is 11.2 Å². The Balaban J connectivity index is 2.14. The van der Waals surface area contributed by atoms with Crippen molar-refractivity contribution in [2.75, 3.05) is 7.11 Å². The zero-order chi connectivity index (χ0) is 15.5. The van der Waals surface area contributed by atoms with Crippen molar-refractivity contribution in [1.82, 2.24) is 9.55 Å². The van der Waals surface area contributed by atoms with Crippen molar-refractivity contribution >= 4 is 23.1 Å². The number of hydrogen-bond donors (Lipinski definition) is 0. The zero-order valence-electron chi connectivity index (χ0n) is 13.2. The molecule has 0 fully saturated rings. The number of methoxy groups -OCH3 is 1. The maximum atomic E-state index is 5.36. The summed E-state index contributed by atoms with van der Waals surface area (Å²) in [5.74, 6) is 0. The van der Waals surface area contributed by atoms with Crippen LogP contribution in [0.25, 0.3) is 23.1 Å². The number of ether oxygens (including phenoxy) is 1. The molecule has 3 rings (SSSR count). The standard InChI is InChI=1S/C19H20N2O/c1-14-15(2)21(13-22-3)19-17(14)11-12-20-18(19)10-9-16-7-5-4-6-8-16/h4-12H,13H2,1-3H3. The summed E-state index contributed by atoms with van der Waals surface area (Å²) >= 11 is 0. The molecule has 0 saturated carbocycles. The highest BCUT2D eigenvalue weighted by atomic mass is 16.5. The maximum absolute atomic E-state index is 5.36. The predicted molar refractivity (Wildman–Crippen MR) is 91.6 cm³/mol. The Morgan fingerprint density at radius 3 is 2.59 bits per heavy atom. The lowest BCUT2D eigenvalue weighted by atomic mass is 10.1. The number of rotatable bonds is 4. The summed E-state index contributed by atoms with van der Waals surface area (Å²) in [4.78, 5) is 4.56. The molecule has 2 aromatic heterocycles. The molecule has 0 unspecified atom stereocenters. The van der Waals surface area contributed by atoms with E-state index in [1.165, 1.54) is 22.2 Å². The summed E-state index contributed by atoms with van der Waals surface area (Å²) in [7, 11) is 1.72. The smallest absolute Gasteiger partial charge is 0.122 e. The van der Waals surface area contributed by atoms with Crippen LogP contribution >= 0.6 is 0 Å². The molecule has 3 aromatic rings. The van der Waals surface area contributed by atoms with Gasteiger partial charge in [0.1, 0.15) is 6.73 Å². The molecule has 0 bridgehead atoms. The monoisotopic (exact) mass is 292 g/mol. The third kappa shape index (κ3) is 2.55. The molecule has 0 amide bonds. The number of fused-ring (bicyclic) bond motifs is 1. The van der Waals surface area contributed by atoms with E-state index < -0.39 is 0 Å². The Morgan fingerprint density at radius 1 is 1.09 bits per heavy atom. The lowest BCUT2D eigenvalue weighted by Crippen LogP contribution is -2.03. The Bertz CT molecular complexity index is 816. The third-order valence-electron chi connectivity index (χ3n) is 4.07. The molecule has 112 valence electrons. The highest BCUT2D eigenvalue weighted by molar-refractivity contribution is 5.92. The summed E-state index contributed by atoms with van der Waals surface area (Å²) in [6.07, 6.45) is 6.04. The fraction of sp³-hybridized carbons (Fsp3) is 0.211.